The first-order valence-corrected chi connectivity index (χ1v) is 3.38. The Labute approximate surface area is 90.3 Å². The predicted octanol–water partition coefficient (Wildman–Crippen LogP) is 1.72. The maximum atomic E-state index is 5.58. The lowest BCUT2D eigenvalue weighted by Crippen LogP contribution is -2.11. The van der Waals surface area contributed by atoms with Crippen LogP contribution >= 0.6 is 24.8 Å². The first-order valence-electron chi connectivity index (χ1n) is 3.38. The average molecular weight is 225 g/mol. The number of methoxy groups -OCH3 is 1. The van der Waals surface area contributed by atoms with Crippen molar-refractivity contribution in [2.45, 2.75) is 6.23 Å². The largest absolute Gasteiger partial charge is 0.399 e. The van der Waals surface area contributed by atoms with E-state index in [0.29, 0.717) is 0 Å². The summed E-state index contributed by atoms with van der Waals surface area (Å²) in [4.78, 5) is 0. The zero-order valence-electron chi connectivity index (χ0n) is 7.27. The summed E-state index contributed by atoms with van der Waals surface area (Å²) in [5, 5.41) is 0. The van der Waals surface area contributed by atoms with Crippen LogP contribution in [0.4, 0.5) is 5.69 Å². The number of halogens is 2. The van der Waals surface area contributed by atoms with E-state index >= 15 is 0 Å². The van der Waals surface area contributed by atoms with Crippen LogP contribution in [0.15, 0.2) is 24.3 Å². The van der Waals surface area contributed by atoms with Crippen molar-refractivity contribution in [3.8, 4) is 0 Å². The van der Waals surface area contributed by atoms with E-state index in [1.165, 1.54) is 0 Å². The van der Waals surface area contributed by atoms with Crippen LogP contribution in [0.1, 0.15) is 11.8 Å². The van der Waals surface area contributed by atoms with Crippen molar-refractivity contribution in [2.24, 2.45) is 5.73 Å². The van der Waals surface area contributed by atoms with Gasteiger partial charge in [0.1, 0.15) is 6.23 Å². The Morgan fingerprint density at radius 3 is 2.00 bits per heavy atom. The summed E-state index contributed by atoms with van der Waals surface area (Å²) in [5.74, 6) is 0. The van der Waals surface area contributed by atoms with Crippen molar-refractivity contribution in [3.05, 3.63) is 29.8 Å². The molecule has 0 aromatic heterocycles. The highest BCUT2D eigenvalue weighted by molar-refractivity contribution is 5.85. The fourth-order valence-electron chi connectivity index (χ4n) is 0.822. The third-order valence-corrected chi connectivity index (χ3v) is 1.52. The minimum absolute atomic E-state index is 0. The van der Waals surface area contributed by atoms with Gasteiger partial charge in [0, 0.05) is 12.8 Å². The molecule has 1 atom stereocenters. The summed E-state index contributed by atoms with van der Waals surface area (Å²) >= 11 is 0. The fourth-order valence-corrected chi connectivity index (χ4v) is 0.822. The molecule has 0 aliphatic rings. The molecule has 3 nitrogen and oxygen atoms in total. The van der Waals surface area contributed by atoms with E-state index in [0.717, 1.165) is 11.3 Å². The topological polar surface area (TPSA) is 61.3 Å². The molecule has 0 radical (unpaired) electrons. The molecule has 4 N–H and O–H groups in total. The minimum Gasteiger partial charge on any atom is -0.399 e. The number of hydrogen-bond donors (Lipinski definition) is 2. The fraction of sp³-hybridized carbons (Fsp3) is 0.250. The molecule has 0 saturated heterocycles. The van der Waals surface area contributed by atoms with Crippen LogP contribution in [0.3, 0.4) is 0 Å². The van der Waals surface area contributed by atoms with Crippen molar-refractivity contribution >= 4 is 30.5 Å². The first-order chi connectivity index (χ1) is 5.24. The van der Waals surface area contributed by atoms with Gasteiger partial charge in [0.05, 0.1) is 0 Å². The van der Waals surface area contributed by atoms with Crippen molar-refractivity contribution in [1.82, 2.24) is 0 Å². The van der Waals surface area contributed by atoms with Gasteiger partial charge < -0.3 is 16.2 Å². The maximum absolute atomic E-state index is 5.58. The second-order valence-corrected chi connectivity index (χ2v) is 2.32. The first kappa shape index (κ1) is 15.0. The Balaban J connectivity index is 0. The Morgan fingerprint density at radius 1 is 1.15 bits per heavy atom. The quantitative estimate of drug-likeness (QED) is 0.595. The highest BCUT2D eigenvalue weighted by atomic mass is 35.5. The van der Waals surface area contributed by atoms with Gasteiger partial charge in [-0.05, 0) is 17.7 Å². The Bertz CT molecular complexity index is 228. The van der Waals surface area contributed by atoms with E-state index in [4.69, 9.17) is 16.2 Å². The molecular weight excluding hydrogens is 211 g/mol. The van der Waals surface area contributed by atoms with E-state index in [9.17, 15) is 0 Å². The third kappa shape index (κ3) is 4.33. The number of nitrogen functional groups attached to an aromatic ring is 1. The van der Waals surface area contributed by atoms with Gasteiger partial charge in [-0.1, -0.05) is 12.1 Å². The van der Waals surface area contributed by atoms with E-state index in [2.05, 4.69) is 0 Å². The highest BCUT2D eigenvalue weighted by Crippen LogP contribution is 2.12. The van der Waals surface area contributed by atoms with Crippen LogP contribution in [0.2, 0.25) is 0 Å². The maximum Gasteiger partial charge on any atom is 0.131 e. The third-order valence-electron chi connectivity index (χ3n) is 1.52. The van der Waals surface area contributed by atoms with Crippen LogP contribution in [0, 0.1) is 0 Å². The van der Waals surface area contributed by atoms with Gasteiger partial charge in [0.2, 0.25) is 0 Å². The van der Waals surface area contributed by atoms with E-state index in [1.54, 1.807) is 19.2 Å². The number of benzene rings is 1. The zero-order valence-corrected chi connectivity index (χ0v) is 8.90. The number of nitrogens with two attached hydrogens (primary N) is 2. The predicted molar refractivity (Wildman–Crippen MR) is 59.3 cm³/mol. The van der Waals surface area contributed by atoms with Gasteiger partial charge in [-0.15, -0.1) is 24.8 Å². The second-order valence-electron chi connectivity index (χ2n) is 2.32. The summed E-state index contributed by atoms with van der Waals surface area (Å²) < 4.78 is 4.91. The van der Waals surface area contributed by atoms with Crippen LogP contribution in [0.25, 0.3) is 0 Å². The molecule has 13 heavy (non-hydrogen) atoms. The summed E-state index contributed by atoms with van der Waals surface area (Å²) in [6.45, 7) is 0. The highest BCUT2D eigenvalue weighted by Gasteiger charge is 2.01. The molecule has 76 valence electrons. The van der Waals surface area contributed by atoms with Crippen molar-refractivity contribution in [2.75, 3.05) is 12.8 Å². The van der Waals surface area contributed by atoms with Crippen molar-refractivity contribution < 1.29 is 4.74 Å². The van der Waals surface area contributed by atoms with Crippen LogP contribution in [0.5, 0.6) is 0 Å². The minimum atomic E-state index is -0.351. The van der Waals surface area contributed by atoms with Crippen LogP contribution in [-0.2, 0) is 4.74 Å². The lowest BCUT2D eigenvalue weighted by molar-refractivity contribution is 0.109. The number of ether oxygens (including phenoxy) is 1. The second kappa shape index (κ2) is 6.97. The average Bonchev–Trinajstić information content (AvgIpc) is 2.05. The van der Waals surface area contributed by atoms with Gasteiger partial charge in [-0.25, -0.2) is 0 Å². The zero-order chi connectivity index (χ0) is 8.27. The normalized spacial score (nSPS) is 10.9. The van der Waals surface area contributed by atoms with Gasteiger partial charge in [-0.3, -0.25) is 0 Å². The number of hydrogen-bond acceptors (Lipinski definition) is 3. The molecule has 1 rings (SSSR count). The SMILES string of the molecule is COC(N)c1ccc(N)cc1.Cl.Cl. The van der Waals surface area contributed by atoms with Gasteiger partial charge in [0.15, 0.2) is 0 Å². The molecule has 1 unspecified atom stereocenters. The molecule has 1 aromatic rings. The standard InChI is InChI=1S/C8H12N2O.2ClH/c1-11-8(10)6-2-4-7(9)5-3-6;;/h2-5,8H,9-10H2,1H3;2*1H. The van der Waals surface area contributed by atoms with E-state index < -0.39 is 0 Å². The monoisotopic (exact) mass is 224 g/mol. The molecule has 0 aliphatic heterocycles. The molecule has 0 spiro atoms. The summed E-state index contributed by atoms with van der Waals surface area (Å²) in [6, 6.07) is 7.30. The van der Waals surface area contributed by atoms with Gasteiger partial charge in [0.25, 0.3) is 0 Å². The molecule has 0 fully saturated rings. The molecule has 5 heteroatoms. The lowest BCUT2D eigenvalue weighted by Gasteiger charge is -2.08. The Kier molecular flexibility index (Phi) is 8.05. The van der Waals surface area contributed by atoms with E-state index in [-0.39, 0.29) is 31.0 Å². The molecule has 0 amide bonds. The smallest absolute Gasteiger partial charge is 0.131 e. The lowest BCUT2D eigenvalue weighted by atomic mass is 10.2. The van der Waals surface area contributed by atoms with Crippen molar-refractivity contribution in [3.63, 3.8) is 0 Å². The summed E-state index contributed by atoms with van der Waals surface area (Å²) in [5.41, 5.74) is 12.7. The summed E-state index contributed by atoms with van der Waals surface area (Å²) in [7, 11) is 1.57. The Hall–Kier alpha value is -0.480. The Morgan fingerprint density at radius 2 is 1.62 bits per heavy atom. The van der Waals surface area contributed by atoms with Gasteiger partial charge in [-0.2, -0.15) is 0 Å². The van der Waals surface area contributed by atoms with E-state index in [1.807, 2.05) is 12.1 Å². The number of rotatable bonds is 2. The molecule has 0 aliphatic carbocycles. The van der Waals surface area contributed by atoms with Crippen LogP contribution < -0.4 is 11.5 Å². The van der Waals surface area contributed by atoms with Crippen LogP contribution in [-0.4, -0.2) is 7.11 Å². The molecule has 0 saturated carbocycles. The summed E-state index contributed by atoms with van der Waals surface area (Å²) in [6.07, 6.45) is -0.351. The molecule has 0 bridgehead atoms. The number of anilines is 1. The van der Waals surface area contributed by atoms with Gasteiger partial charge >= 0.3 is 0 Å². The molecular formula is C8H14Cl2N2O. The molecule has 0 heterocycles. The van der Waals surface area contributed by atoms with Crippen molar-refractivity contribution in [1.29, 1.82) is 0 Å². The molecule has 1 aromatic carbocycles.